The maximum absolute atomic E-state index is 12.3. The number of halogens is 1. The van der Waals surface area contributed by atoms with E-state index in [0.29, 0.717) is 5.56 Å². The van der Waals surface area contributed by atoms with Crippen LogP contribution in [0.15, 0.2) is 18.3 Å². The molecular formula is C8H11FN2O. The van der Waals surface area contributed by atoms with Crippen molar-refractivity contribution in [3.63, 3.8) is 0 Å². The summed E-state index contributed by atoms with van der Waals surface area (Å²) in [7, 11) is 0. The van der Waals surface area contributed by atoms with E-state index in [9.17, 15) is 4.39 Å². The molecule has 1 rings (SSSR count). The van der Waals surface area contributed by atoms with Crippen LogP contribution < -0.4 is 5.73 Å². The monoisotopic (exact) mass is 170 g/mol. The lowest BCUT2D eigenvalue weighted by Gasteiger charge is -2.13. The third kappa shape index (κ3) is 1.99. The number of pyridine rings is 1. The van der Waals surface area contributed by atoms with Crippen molar-refractivity contribution in [3.8, 4) is 0 Å². The summed E-state index contributed by atoms with van der Waals surface area (Å²) in [5.74, 6) is -0.545. The van der Waals surface area contributed by atoms with Crippen LogP contribution in [-0.2, 0) is 0 Å². The van der Waals surface area contributed by atoms with Gasteiger partial charge in [-0.2, -0.15) is 4.39 Å². The van der Waals surface area contributed by atoms with E-state index in [-0.39, 0.29) is 0 Å². The number of hydrogen-bond acceptors (Lipinski definition) is 3. The Hall–Kier alpha value is -1.00. The van der Waals surface area contributed by atoms with Crippen molar-refractivity contribution in [1.29, 1.82) is 0 Å². The SMILES string of the molecule is C[C@@H](O)[C@@H](N)c1ccc(F)nc1. The van der Waals surface area contributed by atoms with Gasteiger partial charge < -0.3 is 10.8 Å². The summed E-state index contributed by atoms with van der Waals surface area (Å²) in [6, 6.07) is 2.23. The molecule has 0 spiro atoms. The highest BCUT2D eigenvalue weighted by Crippen LogP contribution is 2.12. The molecule has 0 amide bonds. The van der Waals surface area contributed by atoms with E-state index in [1.165, 1.54) is 18.3 Å². The van der Waals surface area contributed by atoms with Crippen LogP contribution in [-0.4, -0.2) is 16.2 Å². The fraction of sp³-hybridized carbons (Fsp3) is 0.375. The van der Waals surface area contributed by atoms with Gasteiger partial charge in [-0.05, 0) is 18.6 Å². The minimum Gasteiger partial charge on any atom is -0.391 e. The summed E-state index contributed by atoms with van der Waals surface area (Å²) >= 11 is 0. The van der Waals surface area contributed by atoms with Crippen molar-refractivity contribution in [1.82, 2.24) is 4.98 Å². The topological polar surface area (TPSA) is 59.1 Å². The number of aromatic nitrogens is 1. The number of nitrogens with zero attached hydrogens (tertiary/aromatic N) is 1. The molecule has 3 N–H and O–H groups in total. The van der Waals surface area contributed by atoms with Crippen LogP contribution in [0.4, 0.5) is 4.39 Å². The second-order valence-electron chi connectivity index (χ2n) is 2.68. The molecule has 0 unspecified atom stereocenters. The van der Waals surface area contributed by atoms with Crippen molar-refractivity contribution >= 4 is 0 Å². The van der Waals surface area contributed by atoms with E-state index < -0.39 is 18.1 Å². The van der Waals surface area contributed by atoms with Gasteiger partial charge in [0, 0.05) is 6.20 Å². The van der Waals surface area contributed by atoms with Crippen molar-refractivity contribution in [2.45, 2.75) is 19.1 Å². The Labute approximate surface area is 70.0 Å². The molecule has 12 heavy (non-hydrogen) atoms. The van der Waals surface area contributed by atoms with Gasteiger partial charge in [-0.1, -0.05) is 6.07 Å². The van der Waals surface area contributed by atoms with Crippen LogP contribution in [0.2, 0.25) is 0 Å². The Morgan fingerprint density at radius 3 is 2.67 bits per heavy atom. The molecule has 0 fully saturated rings. The first-order valence-electron chi connectivity index (χ1n) is 3.66. The molecule has 3 nitrogen and oxygen atoms in total. The first kappa shape index (κ1) is 9.09. The lowest BCUT2D eigenvalue weighted by Crippen LogP contribution is -2.23. The smallest absolute Gasteiger partial charge is 0.212 e. The molecule has 1 heterocycles. The Morgan fingerprint density at radius 1 is 1.58 bits per heavy atom. The Kier molecular flexibility index (Phi) is 2.73. The summed E-state index contributed by atoms with van der Waals surface area (Å²) in [6.07, 6.45) is 0.671. The lowest BCUT2D eigenvalue weighted by molar-refractivity contribution is 0.164. The van der Waals surface area contributed by atoms with Crippen molar-refractivity contribution in [3.05, 3.63) is 29.8 Å². The maximum Gasteiger partial charge on any atom is 0.212 e. The first-order chi connectivity index (χ1) is 5.61. The van der Waals surface area contributed by atoms with Gasteiger partial charge in [0.05, 0.1) is 12.1 Å². The lowest BCUT2D eigenvalue weighted by atomic mass is 10.1. The second kappa shape index (κ2) is 3.60. The number of aliphatic hydroxyl groups excluding tert-OH is 1. The van der Waals surface area contributed by atoms with E-state index in [1.807, 2.05) is 0 Å². The van der Waals surface area contributed by atoms with Crippen molar-refractivity contribution < 1.29 is 9.50 Å². The van der Waals surface area contributed by atoms with Crippen LogP contribution >= 0.6 is 0 Å². The maximum atomic E-state index is 12.3. The predicted molar refractivity (Wildman–Crippen MR) is 42.8 cm³/mol. The third-order valence-corrected chi connectivity index (χ3v) is 1.65. The summed E-state index contributed by atoms with van der Waals surface area (Å²) in [6.45, 7) is 1.58. The van der Waals surface area contributed by atoms with Gasteiger partial charge in [0.25, 0.3) is 0 Å². The van der Waals surface area contributed by atoms with E-state index in [4.69, 9.17) is 10.8 Å². The zero-order valence-corrected chi connectivity index (χ0v) is 6.74. The van der Waals surface area contributed by atoms with Crippen LogP contribution in [0.25, 0.3) is 0 Å². The van der Waals surface area contributed by atoms with E-state index >= 15 is 0 Å². The van der Waals surface area contributed by atoms with Gasteiger partial charge in [0.1, 0.15) is 0 Å². The average molecular weight is 170 g/mol. The number of rotatable bonds is 2. The van der Waals surface area contributed by atoms with Gasteiger partial charge in [0.15, 0.2) is 0 Å². The van der Waals surface area contributed by atoms with E-state index in [2.05, 4.69) is 4.98 Å². The molecular weight excluding hydrogens is 159 g/mol. The molecule has 0 saturated carbocycles. The van der Waals surface area contributed by atoms with Gasteiger partial charge in [-0.15, -0.1) is 0 Å². The highest BCUT2D eigenvalue weighted by atomic mass is 19.1. The highest BCUT2D eigenvalue weighted by molar-refractivity contribution is 5.14. The minimum absolute atomic E-state index is 0.502. The third-order valence-electron chi connectivity index (χ3n) is 1.65. The Balaban J connectivity index is 2.82. The molecule has 0 bridgehead atoms. The molecule has 66 valence electrons. The highest BCUT2D eigenvalue weighted by Gasteiger charge is 2.11. The average Bonchev–Trinajstić information content (AvgIpc) is 2.04. The van der Waals surface area contributed by atoms with Crippen LogP contribution in [0.5, 0.6) is 0 Å². The molecule has 4 heteroatoms. The summed E-state index contributed by atoms with van der Waals surface area (Å²) in [5, 5.41) is 9.10. The van der Waals surface area contributed by atoms with Gasteiger partial charge >= 0.3 is 0 Å². The molecule has 0 aromatic carbocycles. The molecule has 0 radical (unpaired) electrons. The standard InChI is InChI=1S/C8H11FN2O/c1-5(12)8(10)6-2-3-7(9)11-4-6/h2-5,8,12H,10H2,1H3/t5-,8-/m1/s1. The normalized spacial score (nSPS) is 15.7. The largest absolute Gasteiger partial charge is 0.391 e. The second-order valence-corrected chi connectivity index (χ2v) is 2.68. The minimum atomic E-state index is -0.655. The quantitative estimate of drug-likeness (QED) is 0.639. The van der Waals surface area contributed by atoms with Gasteiger partial charge in [-0.3, -0.25) is 0 Å². The molecule has 1 aromatic heterocycles. The van der Waals surface area contributed by atoms with Crippen molar-refractivity contribution in [2.24, 2.45) is 5.73 Å². The molecule has 2 atom stereocenters. The summed E-state index contributed by atoms with van der Waals surface area (Å²) < 4.78 is 12.3. The molecule has 1 aromatic rings. The zero-order chi connectivity index (χ0) is 9.14. The van der Waals surface area contributed by atoms with Crippen LogP contribution in [0.1, 0.15) is 18.5 Å². The molecule has 0 aliphatic carbocycles. The summed E-state index contributed by atoms with van der Waals surface area (Å²) in [5.41, 5.74) is 6.21. The summed E-state index contributed by atoms with van der Waals surface area (Å²) in [4.78, 5) is 3.42. The van der Waals surface area contributed by atoms with Crippen molar-refractivity contribution in [2.75, 3.05) is 0 Å². The van der Waals surface area contributed by atoms with Gasteiger partial charge in [0.2, 0.25) is 5.95 Å². The molecule has 0 aliphatic heterocycles. The molecule has 0 saturated heterocycles. The van der Waals surface area contributed by atoms with Crippen LogP contribution in [0, 0.1) is 5.95 Å². The first-order valence-corrected chi connectivity index (χ1v) is 3.66. The number of aliphatic hydroxyl groups is 1. The van der Waals surface area contributed by atoms with E-state index in [1.54, 1.807) is 6.92 Å². The fourth-order valence-corrected chi connectivity index (χ4v) is 0.863. The number of hydrogen-bond donors (Lipinski definition) is 2. The van der Waals surface area contributed by atoms with Crippen LogP contribution in [0.3, 0.4) is 0 Å². The van der Waals surface area contributed by atoms with Gasteiger partial charge in [-0.25, -0.2) is 4.98 Å². The predicted octanol–water partition coefficient (Wildman–Crippen LogP) is 0.601. The zero-order valence-electron chi connectivity index (χ0n) is 6.74. The van der Waals surface area contributed by atoms with E-state index in [0.717, 1.165) is 0 Å². The Morgan fingerprint density at radius 2 is 2.25 bits per heavy atom. The molecule has 0 aliphatic rings. The number of nitrogens with two attached hydrogens (primary N) is 1. The Bertz CT molecular complexity index is 248. The fourth-order valence-electron chi connectivity index (χ4n) is 0.863.